The van der Waals surface area contributed by atoms with Crippen LogP contribution in [0.5, 0.6) is 0 Å². The van der Waals surface area contributed by atoms with Crippen LogP contribution in [0.1, 0.15) is 46.0 Å². The van der Waals surface area contributed by atoms with Crippen LogP contribution in [0.3, 0.4) is 0 Å². The topological polar surface area (TPSA) is 82.6 Å². The minimum absolute atomic E-state index is 0. The predicted octanol–water partition coefficient (Wildman–Crippen LogP) is 1.99. The molecule has 1 rings (SSSR count). The fourth-order valence-corrected chi connectivity index (χ4v) is 3.61. The number of nitrogens with zero attached hydrogens (tertiary/aromatic N) is 1. The zero-order chi connectivity index (χ0) is 16.6. The third-order valence-corrected chi connectivity index (χ3v) is 4.43. The normalized spacial score (nSPS) is 16.3. The van der Waals surface area contributed by atoms with E-state index >= 15 is 0 Å². The second-order valence-electron chi connectivity index (χ2n) is 6.47. The highest BCUT2D eigenvalue weighted by atomic mass is 127. The van der Waals surface area contributed by atoms with Gasteiger partial charge in [0, 0.05) is 25.7 Å². The molecule has 0 aromatic rings. The summed E-state index contributed by atoms with van der Waals surface area (Å²) in [5.74, 6) is 0.694. The van der Waals surface area contributed by atoms with Gasteiger partial charge in [0.2, 0.25) is 10.0 Å². The van der Waals surface area contributed by atoms with Gasteiger partial charge in [0.1, 0.15) is 0 Å². The van der Waals surface area contributed by atoms with Crippen LogP contribution in [0.4, 0.5) is 0 Å². The van der Waals surface area contributed by atoms with E-state index in [1.807, 2.05) is 13.8 Å². The van der Waals surface area contributed by atoms with Crippen molar-refractivity contribution in [2.24, 2.45) is 4.99 Å². The number of nitrogens with one attached hydrogen (secondary N) is 3. The maximum absolute atomic E-state index is 11.3. The summed E-state index contributed by atoms with van der Waals surface area (Å²) in [5.41, 5.74) is 0.949. The minimum atomic E-state index is -3.23. The lowest BCUT2D eigenvalue weighted by Crippen LogP contribution is -2.53. The molecule has 0 saturated heterocycles. The average Bonchev–Trinajstić information content (AvgIpc) is 2.41. The van der Waals surface area contributed by atoms with Crippen LogP contribution < -0.4 is 15.4 Å². The zero-order valence-electron chi connectivity index (χ0n) is 14.6. The molecule has 0 spiro atoms. The second kappa shape index (κ2) is 10.5. The quantitative estimate of drug-likeness (QED) is 0.236. The number of rotatable bonds is 7. The Labute approximate surface area is 158 Å². The molecule has 1 aliphatic carbocycles. The summed E-state index contributed by atoms with van der Waals surface area (Å²) in [6.45, 7) is 4.97. The van der Waals surface area contributed by atoms with Gasteiger partial charge in [0.15, 0.2) is 5.96 Å². The molecule has 0 saturated carbocycles. The predicted molar refractivity (Wildman–Crippen MR) is 108 cm³/mol. The average molecular weight is 458 g/mol. The molecule has 0 aromatic heterocycles. The van der Waals surface area contributed by atoms with E-state index in [-0.39, 0.29) is 24.0 Å². The maximum Gasteiger partial charge on any atom is 0.209 e. The van der Waals surface area contributed by atoms with Crippen molar-refractivity contribution in [2.45, 2.75) is 51.5 Å². The van der Waals surface area contributed by atoms with Crippen LogP contribution in [0.2, 0.25) is 0 Å². The van der Waals surface area contributed by atoms with Gasteiger partial charge < -0.3 is 10.6 Å². The van der Waals surface area contributed by atoms with Crippen molar-refractivity contribution in [1.29, 1.82) is 0 Å². The van der Waals surface area contributed by atoms with Crippen LogP contribution in [-0.4, -0.2) is 46.3 Å². The number of sulfonamides is 1. The molecule has 0 atom stereocenters. The van der Waals surface area contributed by atoms with E-state index in [0.29, 0.717) is 12.5 Å². The van der Waals surface area contributed by atoms with Gasteiger partial charge in [-0.15, -0.1) is 24.0 Å². The van der Waals surface area contributed by atoms with Crippen LogP contribution in [0.25, 0.3) is 0 Å². The zero-order valence-corrected chi connectivity index (χ0v) is 17.8. The van der Waals surface area contributed by atoms with Crippen molar-refractivity contribution in [3.8, 4) is 0 Å². The number of hydrogen-bond donors (Lipinski definition) is 3. The molecule has 0 aromatic carbocycles. The van der Waals surface area contributed by atoms with Crippen molar-refractivity contribution in [3.05, 3.63) is 11.6 Å². The molecule has 23 heavy (non-hydrogen) atoms. The van der Waals surface area contributed by atoms with Gasteiger partial charge in [-0.2, -0.15) is 0 Å². The fourth-order valence-electron chi connectivity index (χ4n) is 2.54. The highest BCUT2D eigenvalue weighted by Crippen LogP contribution is 2.19. The standard InChI is InChI=1S/C15H30N4O2S.HI/c1-15(2,19-22(4,20)21)12-18-14(16-3)17-11-10-13-8-6-5-7-9-13;/h8,19H,5-7,9-12H2,1-4H3,(H2,16,17,18);1H. The maximum atomic E-state index is 11.3. The molecule has 136 valence electrons. The minimum Gasteiger partial charge on any atom is -0.356 e. The monoisotopic (exact) mass is 458 g/mol. The smallest absolute Gasteiger partial charge is 0.209 e. The van der Waals surface area contributed by atoms with Crippen LogP contribution >= 0.6 is 24.0 Å². The lowest BCUT2D eigenvalue weighted by molar-refractivity contribution is 0.446. The summed E-state index contributed by atoms with van der Waals surface area (Å²) in [7, 11) is -1.51. The molecule has 1 aliphatic rings. The van der Waals surface area contributed by atoms with Gasteiger partial charge >= 0.3 is 0 Å². The SMILES string of the molecule is CN=C(NCCC1=CCCCC1)NCC(C)(C)NS(C)(=O)=O.I. The van der Waals surface area contributed by atoms with Crippen molar-refractivity contribution < 1.29 is 8.42 Å². The first kappa shape index (κ1) is 22.6. The van der Waals surface area contributed by atoms with Gasteiger partial charge in [0.25, 0.3) is 0 Å². The third kappa shape index (κ3) is 10.9. The van der Waals surface area contributed by atoms with Crippen LogP contribution in [0.15, 0.2) is 16.6 Å². The van der Waals surface area contributed by atoms with E-state index < -0.39 is 15.6 Å². The van der Waals surface area contributed by atoms with Crippen molar-refractivity contribution >= 4 is 40.0 Å². The van der Waals surface area contributed by atoms with Crippen molar-refractivity contribution in [3.63, 3.8) is 0 Å². The molecule has 0 heterocycles. The fraction of sp³-hybridized carbons (Fsp3) is 0.800. The highest BCUT2D eigenvalue weighted by Gasteiger charge is 2.22. The van der Waals surface area contributed by atoms with E-state index in [1.165, 1.54) is 37.5 Å². The summed E-state index contributed by atoms with van der Waals surface area (Å²) < 4.78 is 25.2. The van der Waals surface area contributed by atoms with Crippen molar-refractivity contribution in [2.75, 3.05) is 26.4 Å². The molecule has 0 radical (unpaired) electrons. The number of halogens is 1. The summed E-state index contributed by atoms with van der Waals surface area (Å²) in [6.07, 6.45) is 9.56. The van der Waals surface area contributed by atoms with E-state index in [9.17, 15) is 8.42 Å². The molecule has 3 N–H and O–H groups in total. The van der Waals surface area contributed by atoms with Gasteiger partial charge in [-0.05, 0) is 46.0 Å². The molecule has 0 fully saturated rings. The van der Waals surface area contributed by atoms with E-state index in [2.05, 4.69) is 26.4 Å². The Balaban J connectivity index is 0.00000484. The molecule has 6 nitrogen and oxygen atoms in total. The molecule has 0 unspecified atom stereocenters. The number of guanidine groups is 1. The molecule has 0 aliphatic heterocycles. The lowest BCUT2D eigenvalue weighted by atomic mass is 9.97. The Hall–Kier alpha value is -0.350. The summed E-state index contributed by atoms with van der Waals surface area (Å²) in [6, 6.07) is 0. The van der Waals surface area contributed by atoms with E-state index in [0.717, 1.165) is 13.0 Å². The summed E-state index contributed by atoms with van der Waals surface area (Å²) in [4.78, 5) is 4.17. The van der Waals surface area contributed by atoms with Gasteiger partial charge in [-0.3, -0.25) is 4.99 Å². The molecule has 0 bridgehead atoms. The Morgan fingerprint density at radius 2 is 2.00 bits per heavy atom. The van der Waals surface area contributed by atoms with Gasteiger partial charge in [-0.1, -0.05) is 11.6 Å². The lowest BCUT2D eigenvalue weighted by Gasteiger charge is -2.26. The first-order valence-corrected chi connectivity index (χ1v) is 9.72. The number of allylic oxidation sites excluding steroid dienone is 1. The Morgan fingerprint density at radius 1 is 1.30 bits per heavy atom. The largest absolute Gasteiger partial charge is 0.356 e. The third-order valence-electron chi connectivity index (χ3n) is 3.51. The Bertz CT molecular complexity index is 516. The van der Waals surface area contributed by atoms with E-state index in [4.69, 9.17) is 0 Å². The molecular formula is C15H31IN4O2S. The van der Waals surface area contributed by atoms with E-state index in [1.54, 1.807) is 7.05 Å². The Kier molecular flexibility index (Phi) is 10.3. The number of aliphatic imine (C=N–C) groups is 1. The number of hydrogen-bond acceptors (Lipinski definition) is 3. The van der Waals surface area contributed by atoms with Crippen LogP contribution in [0, 0.1) is 0 Å². The first-order chi connectivity index (χ1) is 10.2. The molecule has 0 amide bonds. The molecule has 8 heteroatoms. The second-order valence-corrected chi connectivity index (χ2v) is 8.22. The van der Waals surface area contributed by atoms with Gasteiger partial charge in [0.05, 0.1) is 6.26 Å². The molecular weight excluding hydrogens is 427 g/mol. The van der Waals surface area contributed by atoms with Crippen molar-refractivity contribution in [1.82, 2.24) is 15.4 Å². The van der Waals surface area contributed by atoms with Crippen LogP contribution in [-0.2, 0) is 10.0 Å². The first-order valence-electron chi connectivity index (χ1n) is 7.83. The highest BCUT2D eigenvalue weighted by molar-refractivity contribution is 14.0. The van der Waals surface area contributed by atoms with Gasteiger partial charge in [-0.25, -0.2) is 13.1 Å². The summed E-state index contributed by atoms with van der Waals surface area (Å²) in [5, 5.41) is 6.44. The summed E-state index contributed by atoms with van der Waals surface area (Å²) >= 11 is 0. The Morgan fingerprint density at radius 3 is 2.52 bits per heavy atom.